The lowest BCUT2D eigenvalue weighted by Gasteiger charge is -2.49. The van der Waals surface area contributed by atoms with E-state index in [1.807, 2.05) is 0 Å². The molecule has 0 aliphatic carbocycles. The first-order valence-electron chi connectivity index (χ1n) is 6.82. The maximum atomic E-state index is 6.06. The lowest BCUT2D eigenvalue weighted by Crippen LogP contribution is -2.59. The third-order valence-electron chi connectivity index (χ3n) is 4.40. The number of hydrogen-bond donors (Lipinski definition) is 1. The molecule has 17 heavy (non-hydrogen) atoms. The largest absolute Gasteiger partial charge is 0.384 e. The highest BCUT2D eigenvalue weighted by Crippen LogP contribution is 2.31. The third-order valence-corrected chi connectivity index (χ3v) is 4.40. The van der Waals surface area contributed by atoms with Crippen LogP contribution in [0, 0.1) is 5.92 Å². The molecule has 2 saturated heterocycles. The molecule has 0 radical (unpaired) electrons. The number of piperidine rings is 1. The van der Waals surface area contributed by atoms with Crippen LogP contribution >= 0.6 is 0 Å². The Kier molecular flexibility index (Phi) is 4.79. The van der Waals surface area contributed by atoms with Gasteiger partial charge in [-0.2, -0.15) is 0 Å². The van der Waals surface area contributed by atoms with Crippen LogP contribution in [0.3, 0.4) is 0 Å². The van der Waals surface area contributed by atoms with Gasteiger partial charge < -0.3 is 15.2 Å². The van der Waals surface area contributed by atoms with E-state index in [0.717, 1.165) is 45.8 Å². The van der Waals surface area contributed by atoms with Crippen LogP contribution in [-0.4, -0.2) is 57.0 Å². The highest BCUT2D eigenvalue weighted by Gasteiger charge is 2.39. The monoisotopic (exact) mass is 242 g/mol. The fraction of sp³-hybridized carbons (Fsp3) is 1.00. The molecule has 2 fully saturated rings. The van der Waals surface area contributed by atoms with E-state index in [1.165, 1.54) is 19.4 Å². The SMILES string of the molecule is COCC1CCCN(C2(CN)CCOCC2)C1. The predicted molar refractivity (Wildman–Crippen MR) is 68.0 cm³/mol. The van der Waals surface area contributed by atoms with Crippen molar-refractivity contribution in [2.24, 2.45) is 11.7 Å². The van der Waals surface area contributed by atoms with E-state index >= 15 is 0 Å². The second-order valence-electron chi connectivity index (χ2n) is 5.45. The Bertz CT molecular complexity index is 227. The summed E-state index contributed by atoms with van der Waals surface area (Å²) in [6, 6.07) is 0. The van der Waals surface area contributed by atoms with Crippen molar-refractivity contribution in [1.29, 1.82) is 0 Å². The van der Waals surface area contributed by atoms with E-state index in [1.54, 1.807) is 7.11 Å². The van der Waals surface area contributed by atoms with Gasteiger partial charge in [-0.3, -0.25) is 4.90 Å². The van der Waals surface area contributed by atoms with Gasteiger partial charge in [0, 0.05) is 39.0 Å². The van der Waals surface area contributed by atoms with Crippen LogP contribution in [0.25, 0.3) is 0 Å². The maximum Gasteiger partial charge on any atom is 0.0502 e. The van der Waals surface area contributed by atoms with E-state index in [4.69, 9.17) is 15.2 Å². The van der Waals surface area contributed by atoms with Gasteiger partial charge in [-0.1, -0.05) is 0 Å². The van der Waals surface area contributed by atoms with E-state index < -0.39 is 0 Å². The molecular formula is C13H26N2O2. The van der Waals surface area contributed by atoms with Gasteiger partial charge in [-0.05, 0) is 38.1 Å². The molecule has 1 atom stereocenters. The summed E-state index contributed by atoms with van der Waals surface area (Å²) >= 11 is 0. The molecule has 0 saturated carbocycles. The fourth-order valence-electron chi connectivity index (χ4n) is 3.27. The lowest BCUT2D eigenvalue weighted by atomic mass is 9.84. The number of ether oxygens (including phenoxy) is 2. The van der Waals surface area contributed by atoms with Crippen molar-refractivity contribution in [3.05, 3.63) is 0 Å². The van der Waals surface area contributed by atoms with Crippen LogP contribution in [0.1, 0.15) is 25.7 Å². The van der Waals surface area contributed by atoms with Crippen molar-refractivity contribution < 1.29 is 9.47 Å². The average Bonchev–Trinajstić information content (AvgIpc) is 2.40. The van der Waals surface area contributed by atoms with Crippen molar-refractivity contribution in [2.45, 2.75) is 31.2 Å². The summed E-state index contributed by atoms with van der Waals surface area (Å²) in [5.41, 5.74) is 6.26. The Morgan fingerprint density at radius 2 is 2.18 bits per heavy atom. The molecule has 0 aromatic rings. The minimum absolute atomic E-state index is 0.199. The number of methoxy groups -OCH3 is 1. The zero-order valence-corrected chi connectivity index (χ0v) is 11.0. The quantitative estimate of drug-likeness (QED) is 0.794. The first-order valence-corrected chi connectivity index (χ1v) is 6.82. The summed E-state index contributed by atoms with van der Waals surface area (Å²) in [7, 11) is 1.80. The fourth-order valence-corrected chi connectivity index (χ4v) is 3.27. The molecule has 4 heteroatoms. The highest BCUT2D eigenvalue weighted by molar-refractivity contribution is 4.95. The minimum atomic E-state index is 0.199. The zero-order valence-electron chi connectivity index (χ0n) is 11.0. The lowest BCUT2D eigenvalue weighted by molar-refractivity contribution is -0.0471. The number of nitrogens with zero attached hydrogens (tertiary/aromatic N) is 1. The van der Waals surface area contributed by atoms with Gasteiger partial charge >= 0.3 is 0 Å². The van der Waals surface area contributed by atoms with Crippen molar-refractivity contribution in [2.75, 3.05) is 46.6 Å². The number of nitrogens with two attached hydrogens (primary N) is 1. The van der Waals surface area contributed by atoms with Crippen molar-refractivity contribution >= 4 is 0 Å². The number of likely N-dealkylation sites (tertiary alicyclic amines) is 1. The summed E-state index contributed by atoms with van der Waals surface area (Å²) < 4.78 is 10.8. The minimum Gasteiger partial charge on any atom is -0.384 e. The molecule has 0 aromatic carbocycles. The molecule has 1 unspecified atom stereocenters. The Morgan fingerprint density at radius 1 is 1.41 bits per heavy atom. The Hall–Kier alpha value is -0.160. The molecule has 0 bridgehead atoms. The molecule has 2 aliphatic heterocycles. The summed E-state index contributed by atoms with van der Waals surface area (Å²) in [6.07, 6.45) is 4.74. The molecule has 4 nitrogen and oxygen atoms in total. The standard InChI is InChI=1S/C13H26N2O2/c1-16-10-12-3-2-6-15(9-12)13(11-14)4-7-17-8-5-13/h12H,2-11,14H2,1H3. The molecule has 2 heterocycles. The maximum absolute atomic E-state index is 6.06. The van der Waals surface area contributed by atoms with Crippen LogP contribution in [0.15, 0.2) is 0 Å². The Labute approximate surface area is 104 Å². The molecule has 2 rings (SSSR count). The third kappa shape index (κ3) is 2.99. The highest BCUT2D eigenvalue weighted by atomic mass is 16.5. The van der Waals surface area contributed by atoms with Gasteiger partial charge in [0.2, 0.25) is 0 Å². The Morgan fingerprint density at radius 3 is 2.82 bits per heavy atom. The zero-order chi connectivity index (χ0) is 12.1. The van der Waals surface area contributed by atoms with Gasteiger partial charge in [0.05, 0.1) is 6.61 Å². The molecular weight excluding hydrogens is 216 g/mol. The number of rotatable bonds is 4. The summed E-state index contributed by atoms with van der Waals surface area (Å²) in [4.78, 5) is 2.61. The van der Waals surface area contributed by atoms with Gasteiger partial charge in [0.25, 0.3) is 0 Å². The second-order valence-corrected chi connectivity index (χ2v) is 5.45. The first kappa shape index (κ1) is 13.3. The Balaban J connectivity index is 1.98. The molecule has 2 N–H and O–H groups in total. The van der Waals surface area contributed by atoms with Crippen LogP contribution in [0.4, 0.5) is 0 Å². The first-order chi connectivity index (χ1) is 8.30. The van der Waals surface area contributed by atoms with Crippen molar-refractivity contribution in [3.63, 3.8) is 0 Å². The van der Waals surface area contributed by atoms with E-state index in [2.05, 4.69) is 4.90 Å². The van der Waals surface area contributed by atoms with Crippen LogP contribution in [0.2, 0.25) is 0 Å². The van der Waals surface area contributed by atoms with E-state index in [-0.39, 0.29) is 5.54 Å². The van der Waals surface area contributed by atoms with Gasteiger partial charge in [-0.15, -0.1) is 0 Å². The molecule has 0 aromatic heterocycles. The average molecular weight is 242 g/mol. The normalized spacial score (nSPS) is 30.4. The molecule has 0 amide bonds. The van der Waals surface area contributed by atoms with Crippen molar-refractivity contribution in [3.8, 4) is 0 Å². The van der Waals surface area contributed by atoms with Crippen LogP contribution in [-0.2, 0) is 9.47 Å². The summed E-state index contributed by atoms with van der Waals surface area (Å²) in [6.45, 7) is 5.71. The molecule has 0 spiro atoms. The van der Waals surface area contributed by atoms with Gasteiger partial charge in [-0.25, -0.2) is 0 Å². The van der Waals surface area contributed by atoms with Crippen LogP contribution < -0.4 is 5.73 Å². The molecule has 100 valence electrons. The van der Waals surface area contributed by atoms with Crippen LogP contribution in [0.5, 0.6) is 0 Å². The van der Waals surface area contributed by atoms with Crippen molar-refractivity contribution in [1.82, 2.24) is 4.90 Å². The smallest absolute Gasteiger partial charge is 0.0502 e. The van der Waals surface area contributed by atoms with Gasteiger partial charge in [0.15, 0.2) is 0 Å². The van der Waals surface area contributed by atoms with E-state index in [9.17, 15) is 0 Å². The van der Waals surface area contributed by atoms with Gasteiger partial charge in [0.1, 0.15) is 0 Å². The summed E-state index contributed by atoms with van der Waals surface area (Å²) in [5.74, 6) is 0.681. The van der Waals surface area contributed by atoms with E-state index in [0.29, 0.717) is 5.92 Å². The molecule has 2 aliphatic rings. The number of hydrogen-bond acceptors (Lipinski definition) is 4. The summed E-state index contributed by atoms with van der Waals surface area (Å²) in [5, 5.41) is 0. The topological polar surface area (TPSA) is 47.7 Å². The second kappa shape index (κ2) is 6.14. The predicted octanol–water partition coefficient (Wildman–Crippen LogP) is 0.853.